The van der Waals surface area contributed by atoms with Gasteiger partial charge in [0.25, 0.3) is 5.91 Å². The summed E-state index contributed by atoms with van der Waals surface area (Å²) < 4.78 is 29.8. The van der Waals surface area contributed by atoms with Gasteiger partial charge in [0.1, 0.15) is 11.6 Å². The first-order valence-corrected chi connectivity index (χ1v) is 21.6. The highest BCUT2D eigenvalue weighted by molar-refractivity contribution is 6.74. The van der Waals surface area contributed by atoms with Crippen LogP contribution in [0.4, 0.5) is 15.9 Å². The highest BCUT2D eigenvalue weighted by Crippen LogP contribution is 2.40. The van der Waals surface area contributed by atoms with E-state index in [9.17, 15) is 4.79 Å². The smallest absolute Gasteiger partial charge is 0.255 e. The summed E-state index contributed by atoms with van der Waals surface area (Å²) in [6, 6.07) is 22.4. The summed E-state index contributed by atoms with van der Waals surface area (Å²) in [5.41, 5.74) is 4.91. The van der Waals surface area contributed by atoms with Crippen LogP contribution in [0, 0.1) is 5.82 Å². The number of nitrogens with one attached hydrogen (secondary N) is 2. The van der Waals surface area contributed by atoms with Crippen LogP contribution in [-0.2, 0) is 16.4 Å². The highest BCUT2D eigenvalue weighted by Gasteiger charge is 2.40. The van der Waals surface area contributed by atoms with Crippen LogP contribution in [0.5, 0.6) is 5.75 Å². The number of hydrogen-bond donors (Lipinski definition) is 2. The van der Waals surface area contributed by atoms with Crippen molar-refractivity contribution in [2.75, 3.05) is 17.7 Å². The summed E-state index contributed by atoms with van der Waals surface area (Å²) in [7, 11) is -0.205. The van der Waals surface area contributed by atoms with E-state index in [-0.39, 0.29) is 34.2 Å². The molecule has 8 nitrogen and oxygen atoms in total. The summed E-state index contributed by atoms with van der Waals surface area (Å²) in [6.45, 7) is 18.4. The fourth-order valence-corrected chi connectivity index (χ4v) is 8.09. The lowest BCUT2D eigenvalue weighted by Crippen LogP contribution is -2.45. The minimum absolute atomic E-state index is 0.0318. The molecule has 1 aliphatic rings. The molecule has 2 aromatic heterocycles. The molecule has 10 heteroatoms. The minimum Gasteiger partial charge on any atom is -0.497 e. The van der Waals surface area contributed by atoms with Crippen LogP contribution in [0.3, 0.4) is 0 Å². The van der Waals surface area contributed by atoms with Gasteiger partial charge in [-0.2, -0.15) is 5.10 Å². The number of anilines is 2. The molecule has 0 aliphatic heterocycles. The topological polar surface area (TPSA) is 90.3 Å². The Morgan fingerprint density at radius 3 is 2.21 bits per heavy atom. The van der Waals surface area contributed by atoms with Gasteiger partial charge in [0, 0.05) is 23.9 Å². The van der Waals surface area contributed by atoms with Gasteiger partial charge in [0.05, 0.1) is 24.7 Å². The Morgan fingerprint density at radius 1 is 0.925 bits per heavy atom. The second kappa shape index (κ2) is 15.1. The van der Waals surface area contributed by atoms with Gasteiger partial charge in [-0.3, -0.25) is 4.79 Å². The summed E-state index contributed by atoms with van der Waals surface area (Å²) in [6.07, 6.45) is 5.90. The zero-order chi connectivity index (χ0) is 38.1. The van der Waals surface area contributed by atoms with Crippen LogP contribution >= 0.6 is 0 Å². The molecule has 0 saturated heterocycles. The van der Waals surface area contributed by atoms with Crippen molar-refractivity contribution in [1.82, 2.24) is 14.8 Å². The van der Waals surface area contributed by atoms with E-state index in [0.29, 0.717) is 23.3 Å². The standard InChI is InChI=1S/C43H54FN5O3Si/c1-42(2,3)31-15-12-29(13-16-31)41(50)47-37-23-14-30(26-36(37)44)35-24-25-45-40-38(35)39(48-49(40)27-28-10-19-33(51-7)20-11-28)46-32-17-21-34(22-18-32)52-53(8,9)43(4,5)6/h10-16,19-20,23-26,32,34H,17-18,21-22,27H2,1-9H3,(H,46,48)(H,47,50). The van der Waals surface area contributed by atoms with Gasteiger partial charge >= 0.3 is 0 Å². The SMILES string of the molecule is COc1ccc(Cn2nc(NC3CCC(O[Si](C)(C)C(C)(C)C)CC3)c3c(-c4ccc(NC(=O)c5ccc(C(C)(C)C)cc5)c(F)c4)ccnc32)cc1. The van der Waals surface area contributed by atoms with Crippen molar-refractivity contribution in [1.29, 1.82) is 0 Å². The van der Waals surface area contributed by atoms with Crippen molar-refractivity contribution in [2.24, 2.45) is 0 Å². The van der Waals surface area contributed by atoms with E-state index in [1.165, 1.54) is 6.07 Å². The number of benzene rings is 3. The zero-order valence-corrected chi connectivity index (χ0v) is 33.6. The van der Waals surface area contributed by atoms with Gasteiger partial charge in [-0.1, -0.05) is 71.9 Å². The number of rotatable bonds is 10. The molecule has 1 saturated carbocycles. The van der Waals surface area contributed by atoms with Crippen molar-refractivity contribution in [3.8, 4) is 16.9 Å². The maximum atomic E-state index is 15.8. The maximum Gasteiger partial charge on any atom is 0.255 e. The number of fused-ring (bicyclic) bond motifs is 1. The summed E-state index contributed by atoms with van der Waals surface area (Å²) >= 11 is 0. The molecule has 1 aliphatic carbocycles. The van der Waals surface area contributed by atoms with E-state index in [4.69, 9.17) is 19.2 Å². The van der Waals surface area contributed by atoms with E-state index >= 15 is 4.39 Å². The third-order valence-corrected chi connectivity index (χ3v) is 15.5. The van der Waals surface area contributed by atoms with E-state index < -0.39 is 14.1 Å². The van der Waals surface area contributed by atoms with Gasteiger partial charge in [-0.15, -0.1) is 0 Å². The molecule has 53 heavy (non-hydrogen) atoms. The van der Waals surface area contributed by atoms with E-state index in [0.717, 1.165) is 59.3 Å². The zero-order valence-electron chi connectivity index (χ0n) is 32.6. The van der Waals surface area contributed by atoms with Crippen LogP contribution in [0.1, 0.15) is 88.7 Å². The first-order valence-electron chi connectivity index (χ1n) is 18.7. The van der Waals surface area contributed by atoms with E-state index in [2.05, 4.69) is 65.3 Å². The monoisotopic (exact) mass is 735 g/mol. The lowest BCUT2D eigenvalue weighted by atomic mass is 9.87. The largest absolute Gasteiger partial charge is 0.497 e. The van der Waals surface area contributed by atoms with Crippen LogP contribution in [0.15, 0.2) is 79.0 Å². The number of carbonyl (C=O) groups excluding carboxylic acids is 1. The van der Waals surface area contributed by atoms with Crippen LogP contribution < -0.4 is 15.4 Å². The molecule has 0 spiro atoms. The van der Waals surface area contributed by atoms with Crippen LogP contribution in [0.2, 0.25) is 18.1 Å². The van der Waals surface area contributed by atoms with Gasteiger partial charge in [0.15, 0.2) is 19.8 Å². The Morgan fingerprint density at radius 2 is 1.60 bits per heavy atom. The quantitative estimate of drug-likeness (QED) is 0.139. The number of carbonyl (C=O) groups is 1. The van der Waals surface area contributed by atoms with Crippen molar-refractivity contribution < 1.29 is 18.3 Å². The first-order chi connectivity index (χ1) is 25.0. The molecule has 1 amide bonds. The molecule has 0 radical (unpaired) electrons. The Labute approximate surface area is 314 Å². The number of pyridine rings is 1. The van der Waals surface area contributed by atoms with Crippen molar-refractivity contribution >= 4 is 36.8 Å². The third kappa shape index (κ3) is 8.65. The molecular formula is C43H54FN5O3Si. The Balaban J connectivity index is 1.28. The number of nitrogens with zero attached hydrogens (tertiary/aromatic N) is 3. The second-order valence-corrected chi connectivity index (χ2v) is 21.6. The van der Waals surface area contributed by atoms with Gasteiger partial charge in [-0.05, 0) is 114 Å². The minimum atomic E-state index is -1.86. The first kappa shape index (κ1) is 38.2. The molecule has 6 rings (SSSR count). The summed E-state index contributed by atoms with van der Waals surface area (Å²) in [5.74, 6) is 0.628. The number of aromatic nitrogens is 3. The number of hydrogen-bond acceptors (Lipinski definition) is 6. The van der Waals surface area contributed by atoms with Gasteiger partial charge in [-0.25, -0.2) is 14.1 Å². The summed E-state index contributed by atoms with van der Waals surface area (Å²) in [4.78, 5) is 17.9. The predicted molar refractivity (Wildman–Crippen MR) is 216 cm³/mol. The number of amides is 1. The Hall–Kier alpha value is -4.54. The number of halogens is 1. The third-order valence-electron chi connectivity index (χ3n) is 10.9. The molecule has 1 fully saturated rings. The normalized spacial score (nSPS) is 16.8. The fourth-order valence-electron chi connectivity index (χ4n) is 6.67. The molecule has 0 unspecified atom stereocenters. The number of ether oxygens (including phenoxy) is 1. The van der Waals surface area contributed by atoms with Gasteiger partial charge in [0.2, 0.25) is 0 Å². The van der Waals surface area contributed by atoms with E-state index in [1.54, 1.807) is 31.5 Å². The molecule has 280 valence electrons. The molecular weight excluding hydrogens is 682 g/mol. The average molecular weight is 736 g/mol. The molecule has 5 aromatic rings. The summed E-state index contributed by atoms with van der Waals surface area (Å²) in [5, 5.41) is 12.6. The maximum absolute atomic E-state index is 15.8. The molecule has 2 N–H and O–H groups in total. The highest BCUT2D eigenvalue weighted by atomic mass is 28.4. The van der Waals surface area contributed by atoms with Crippen LogP contribution in [-0.4, -0.2) is 48.2 Å². The van der Waals surface area contributed by atoms with Crippen molar-refractivity contribution in [3.63, 3.8) is 0 Å². The fraction of sp³-hybridized carbons (Fsp3) is 0.419. The average Bonchev–Trinajstić information content (AvgIpc) is 3.46. The lowest BCUT2D eigenvalue weighted by Gasteiger charge is -2.41. The van der Waals surface area contributed by atoms with Gasteiger partial charge < -0.3 is 19.8 Å². The van der Waals surface area contributed by atoms with Crippen molar-refractivity contribution in [3.05, 3.63) is 102 Å². The number of methoxy groups -OCH3 is 1. The molecule has 0 atom stereocenters. The van der Waals surface area contributed by atoms with Crippen molar-refractivity contribution in [2.45, 2.75) is 109 Å². The molecule has 0 bridgehead atoms. The van der Waals surface area contributed by atoms with Crippen LogP contribution in [0.25, 0.3) is 22.2 Å². The Bertz CT molecular complexity index is 2060. The Kier molecular flexibility index (Phi) is 10.9. The predicted octanol–water partition coefficient (Wildman–Crippen LogP) is 10.6. The molecule has 2 heterocycles. The van der Waals surface area contributed by atoms with E-state index in [1.807, 2.05) is 53.2 Å². The lowest BCUT2D eigenvalue weighted by molar-refractivity contribution is 0.102. The molecule has 3 aromatic carbocycles. The second-order valence-electron chi connectivity index (χ2n) is 16.9.